The van der Waals surface area contributed by atoms with Crippen LogP contribution in [0.1, 0.15) is 24.4 Å². The largest absolute Gasteiger partial charge is 0.391 e. The number of hydrogen-bond acceptors (Lipinski definition) is 4. The number of hydrogen-bond donors (Lipinski definition) is 2. The fraction of sp³-hybridized carbons (Fsp3) is 0.417. The van der Waals surface area contributed by atoms with Crippen molar-refractivity contribution in [3.63, 3.8) is 0 Å². The lowest BCUT2D eigenvalue weighted by Crippen LogP contribution is -2.37. The summed E-state index contributed by atoms with van der Waals surface area (Å²) >= 11 is 1.65. The number of fused-ring (bicyclic) bond motifs is 1. The van der Waals surface area contributed by atoms with Crippen molar-refractivity contribution in [1.82, 2.24) is 10.3 Å². The van der Waals surface area contributed by atoms with Crippen molar-refractivity contribution in [2.24, 2.45) is 0 Å². The van der Waals surface area contributed by atoms with Crippen LogP contribution in [-0.4, -0.2) is 22.7 Å². The predicted octanol–water partition coefficient (Wildman–Crippen LogP) is 2.08. The monoisotopic (exact) mass is 234 g/mol. The molecular formula is C12H14N2OS. The summed E-state index contributed by atoms with van der Waals surface area (Å²) in [7, 11) is 0. The number of aliphatic hydroxyl groups excluding tert-OH is 1. The molecule has 2 heterocycles. The number of aromatic nitrogens is 1. The first-order valence-electron chi connectivity index (χ1n) is 5.59. The number of piperidine rings is 1. The topological polar surface area (TPSA) is 45.1 Å². The Bertz CT molecular complexity index is 496. The number of aliphatic hydroxyl groups is 1. The van der Waals surface area contributed by atoms with E-state index < -0.39 is 0 Å². The molecule has 1 aromatic heterocycles. The third kappa shape index (κ3) is 1.73. The highest BCUT2D eigenvalue weighted by molar-refractivity contribution is 7.16. The van der Waals surface area contributed by atoms with Crippen molar-refractivity contribution in [3.05, 3.63) is 29.3 Å². The number of rotatable bonds is 1. The minimum Gasteiger partial charge on any atom is -0.391 e. The van der Waals surface area contributed by atoms with E-state index in [1.54, 1.807) is 11.3 Å². The Labute approximate surface area is 98.1 Å². The lowest BCUT2D eigenvalue weighted by Gasteiger charge is -2.29. The first-order valence-corrected chi connectivity index (χ1v) is 6.47. The minimum atomic E-state index is -0.265. The van der Waals surface area contributed by atoms with Crippen LogP contribution in [0, 0.1) is 0 Å². The van der Waals surface area contributed by atoms with Gasteiger partial charge in [-0.1, -0.05) is 6.07 Å². The minimum absolute atomic E-state index is 0.0836. The van der Waals surface area contributed by atoms with Crippen molar-refractivity contribution in [1.29, 1.82) is 0 Å². The molecule has 1 fully saturated rings. The van der Waals surface area contributed by atoms with Gasteiger partial charge in [0.25, 0.3) is 0 Å². The van der Waals surface area contributed by atoms with Crippen LogP contribution in [0.3, 0.4) is 0 Å². The van der Waals surface area contributed by atoms with Gasteiger partial charge in [-0.3, -0.25) is 0 Å². The van der Waals surface area contributed by atoms with Crippen molar-refractivity contribution in [3.8, 4) is 0 Å². The Morgan fingerprint density at radius 1 is 1.44 bits per heavy atom. The molecule has 0 amide bonds. The first-order chi connectivity index (χ1) is 7.84. The van der Waals surface area contributed by atoms with Crippen molar-refractivity contribution in [2.75, 3.05) is 6.54 Å². The van der Waals surface area contributed by atoms with Crippen molar-refractivity contribution in [2.45, 2.75) is 25.0 Å². The SMILES string of the molecule is OC1CCCNC1c1ccc2ncsc2c1. The van der Waals surface area contributed by atoms with Crippen LogP contribution in [-0.2, 0) is 0 Å². The molecule has 1 saturated heterocycles. The van der Waals surface area contributed by atoms with Gasteiger partial charge in [-0.2, -0.15) is 0 Å². The summed E-state index contributed by atoms with van der Waals surface area (Å²) in [4.78, 5) is 4.26. The molecule has 2 atom stereocenters. The van der Waals surface area contributed by atoms with E-state index in [0.717, 1.165) is 24.9 Å². The fourth-order valence-electron chi connectivity index (χ4n) is 2.28. The molecule has 3 nitrogen and oxygen atoms in total. The molecule has 84 valence electrons. The van der Waals surface area contributed by atoms with Gasteiger partial charge >= 0.3 is 0 Å². The maximum atomic E-state index is 9.97. The van der Waals surface area contributed by atoms with E-state index in [1.165, 1.54) is 10.3 Å². The molecule has 2 N–H and O–H groups in total. The molecule has 3 rings (SSSR count). The average Bonchev–Trinajstić information content (AvgIpc) is 2.76. The summed E-state index contributed by atoms with van der Waals surface area (Å²) in [6.45, 7) is 0.989. The molecule has 0 bridgehead atoms. The lowest BCUT2D eigenvalue weighted by atomic mass is 9.95. The van der Waals surface area contributed by atoms with Gasteiger partial charge in [0.2, 0.25) is 0 Å². The van der Waals surface area contributed by atoms with Crippen LogP contribution < -0.4 is 5.32 Å². The van der Waals surface area contributed by atoms with Crippen LogP contribution in [0.15, 0.2) is 23.7 Å². The molecule has 2 aromatic rings. The van der Waals surface area contributed by atoms with Gasteiger partial charge in [-0.05, 0) is 37.1 Å². The van der Waals surface area contributed by atoms with E-state index >= 15 is 0 Å². The van der Waals surface area contributed by atoms with Gasteiger partial charge in [-0.25, -0.2) is 4.98 Å². The molecule has 0 spiro atoms. The number of nitrogens with one attached hydrogen (secondary N) is 1. The maximum Gasteiger partial charge on any atom is 0.0812 e. The van der Waals surface area contributed by atoms with Crippen LogP contribution in [0.4, 0.5) is 0 Å². The van der Waals surface area contributed by atoms with Crippen LogP contribution in [0.5, 0.6) is 0 Å². The van der Waals surface area contributed by atoms with E-state index in [2.05, 4.69) is 22.4 Å². The summed E-state index contributed by atoms with van der Waals surface area (Å²) in [5, 5.41) is 13.3. The summed E-state index contributed by atoms with van der Waals surface area (Å²) in [6, 6.07) is 6.32. The van der Waals surface area contributed by atoms with Gasteiger partial charge in [0, 0.05) is 0 Å². The summed E-state index contributed by atoms with van der Waals surface area (Å²) < 4.78 is 1.19. The van der Waals surface area contributed by atoms with Gasteiger partial charge in [0.15, 0.2) is 0 Å². The molecule has 1 aliphatic rings. The molecule has 0 aliphatic carbocycles. The third-order valence-electron chi connectivity index (χ3n) is 3.14. The first kappa shape index (κ1) is 10.2. The van der Waals surface area contributed by atoms with Gasteiger partial charge < -0.3 is 10.4 Å². The fourth-order valence-corrected chi connectivity index (χ4v) is 3.00. The molecule has 0 saturated carbocycles. The van der Waals surface area contributed by atoms with Crippen LogP contribution in [0.2, 0.25) is 0 Å². The van der Waals surface area contributed by atoms with Gasteiger partial charge in [-0.15, -0.1) is 11.3 Å². The third-order valence-corrected chi connectivity index (χ3v) is 3.93. The highest BCUT2D eigenvalue weighted by Crippen LogP contribution is 2.27. The Morgan fingerprint density at radius 3 is 3.25 bits per heavy atom. The van der Waals surface area contributed by atoms with Crippen LogP contribution >= 0.6 is 11.3 Å². The van der Waals surface area contributed by atoms with E-state index in [1.807, 2.05) is 11.6 Å². The molecule has 1 aliphatic heterocycles. The lowest BCUT2D eigenvalue weighted by molar-refractivity contribution is 0.0966. The molecule has 1 aromatic carbocycles. The quantitative estimate of drug-likeness (QED) is 0.794. The number of nitrogens with zero attached hydrogens (tertiary/aromatic N) is 1. The van der Waals surface area contributed by atoms with E-state index in [-0.39, 0.29) is 12.1 Å². The second-order valence-corrected chi connectivity index (χ2v) is 5.11. The predicted molar refractivity (Wildman–Crippen MR) is 65.6 cm³/mol. The van der Waals surface area contributed by atoms with Crippen molar-refractivity contribution < 1.29 is 5.11 Å². The molecule has 4 heteroatoms. The zero-order chi connectivity index (χ0) is 11.0. The summed E-state index contributed by atoms with van der Waals surface area (Å²) in [5.41, 5.74) is 4.07. The Hall–Kier alpha value is -0.970. The highest BCUT2D eigenvalue weighted by Gasteiger charge is 2.24. The Morgan fingerprint density at radius 2 is 2.38 bits per heavy atom. The number of benzene rings is 1. The average molecular weight is 234 g/mol. The number of thiazole rings is 1. The van der Waals surface area contributed by atoms with Gasteiger partial charge in [0.05, 0.1) is 27.9 Å². The maximum absolute atomic E-state index is 9.97. The molecule has 0 radical (unpaired) electrons. The standard InChI is InChI=1S/C12H14N2OS/c15-10-2-1-5-13-12(10)8-3-4-9-11(6-8)16-7-14-9/h3-4,6-7,10,12-13,15H,1-2,5H2. The Kier molecular flexibility index (Phi) is 2.63. The summed E-state index contributed by atoms with van der Waals surface area (Å²) in [5.74, 6) is 0. The van der Waals surface area contributed by atoms with Crippen molar-refractivity contribution >= 4 is 21.6 Å². The zero-order valence-electron chi connectivity index (χ0n) is 8.89. The smallest absolute Gasteiger partial charge is 0.0812 e. The van der Waals surface area contributed by atoms with E-state index in [4.69, 9.17) is 0 Å². The van der Waals surface area contributed by atoms with Gasteiger partial charge in [0.1, 0.15) is 0 Å². The zero-order valence-corrected chi connectivity index (χ0v) is 9.70. The van der Waals surface area contributed by atoms with Crippen LogP contribution in [0.25, 0.3) is 10.2 Å². The summed E-state index contributed by atoms with van der Waals surface area (Å²) in [6.07, 6.45) is 1.68. The second kappa shape index (κ2) is 4.13. The van der Waals surface area contributed by atoms with E-state index in [9.17, 15) is 5.11 Å². The Balaban J connectivity index is 1.97. The highest BCUT2D eigenvalue weighted by atomic mass is 32.1. The second-order valence-electron chi connectivity index (χ2n) is 4.22. The molecular weight excluding hydrogens is 220 g/mol. The van der Waals surface area contributed by atoms with E-state index in [0.29, 0.717) is 0 Å². The molecule has 2 unspecified atom stereocenters. The normalized spacial score (nSPS) is 26.1. The molecule has 16 heavy (non-hydrogen) atoms.